The van der Waals surface area contributed by atoms with Gasteiger partial charge in [-0.15, -0.1) is 0 Å². The summed E-state index contributed by atoms with van der Waals surface area (Å²) in [5.41, 5.74) is 0.931. The van der Waals surface area contributed by atoms with Crippen LogP contribution in [0.4, 0.5) is 4.39 Å². The molecule has 15 heavy (non-hydrogen) atoms. The summed E-state index contributed by atoms with van der Waals surface area (Å²) in [6.45, 7) is 2.55. The zero-order chi connectivity index (χ0) is 10.7. The van der Waals surface area contributed by atoms with Gasteiger partial charge in [0, 0.05) is 0 Å². The Hall–Kier alpha value is -1.05. The molecule has 0 aliphatic heterocycles. The van der Waals surface area contributed by atoms with E-state index in [-0.39, 0.29) is 5.82 Å². The highest BCUT2D eigenvalue weighted by Gasteiger charge is 2.16. The Labute approximate surface area is 90.3 Å². The molecule has 0 radical (unpaired) electrons. The molecule has 0 spiro atoms. The Morgan fingerprint density at radius 1 is 1.33 bits per heavy atom. The van der Waals surface area contributed by atoms with Gasteiger partial charge in [-0.05, 0) is 43.4 Å². The summed E-state index contributed by atoms with van der Waals surface area (Å²) in [5.74, 6) is 0.784. The van der Waals surface area contributed by atoms with Crippen molar-refractivity contribution in [3.63, 3.8) is 0 Å². The smallest absolute Gasteiger partial charge is 0.165 e. The van der Waals surface area contributed by atoms with Gasteiger partial charge in [0.15, 0.2) is 11.6 Å². The first-order valence-electron chi connectivity index (χ1n) is 5.64. The standard InChI is InChI=1S/C13H17FO/c1-10-6-7-13(12(14)8-10)15-9-11-4-2-3-5-11/h6-8,11H,2-5,9H2,1H3. The number of rotatable bonds is 3. The maximum Gasteiger partial charge on any atom is 0.165 e. The number of benzene rings is 1. The van der Waals surface area contributed by atoms with Crippen LogP contribution >= 0.6 is 0 Å². The topological polar surface area (TPSA) is 9.23 Å². The highest BCUT2D eigenvalue weighted by atomic mass is 19.1. The van der Waals surface area contributed by atoms with Gasteiger partial charge in [-0.2, -0.15) is 0 Å². The van der Waals surface area contributed by atoms with E-state index in [0.29, 0.717) is 18.3 Å². The van der Waals surface area contributed by atoms with E-state index in [1.54, 1.807) is 6.07 Å². The summed E-state index contributed by atoms with van der Waals surface area (Å²) >= 11 is 0. The minimum atomic E-state index is -0.243. The third-order valence-electron chi connectivity index (χ3n) is 3.04. The second kappa shape index (κ2) is 4.65. The Morgan fingerprint density at radius 3 is 2.73 bits per heavy atom. The van der Waals surface area contributed by atoms with Crippen LogP contribution in [0.15, 0.2) is 18.2 Å². The molecule has 2 rings (SSSR count). The van der Waals surface area contributed by atoms with Gasteiger partial charge in [-0.1, -0.05) is 18.9 Å². The fourth-order valence-electron chi connectivity index (χ4n) is 2.11. The molecule has 0 unspecified atom stereocenters. The molecule has 1 saturated carbocycles. The van der Waals surface area contributed by atoms with E-state index in [1.165, 1.54) is 31.7 Å². The van der Waals surface area contributed by atoms with E-state index in [0.717, 1.165) is 5.56 Å². The molecule has 82 valence electrons. The molecule has 0 bridgehead atoms. The number of ether oxygens (including phenoxy) is 1. The van der Waals surface area contributed by atoms with Gasteiger partial charge in [-0.25, -0.2) is 4.39 Å². The van der Waals surface area contributed by atoms with Gasteiger partial charge >= 0.3 is 0 Å². The molecule has 1 aromatic carbocycles. The van der Waals surface area contributed by atoms with E-state index >= 15 is 0 Å². The van der Waals surface area contributed by atoms with E-state index in [4.69, 9.17) is 4.74 Å². The van der Waals surface area contributed by atoms with Gasteiger partial charge in [0.1, 0.15) is 0 Å². The molecule has 1 aliphatic carbocycles. The first-order chi connectivity index (χ1) is 7.25. The average molecular weight is 208 g/mol. The van der Waals surface area contributed by atoms with Crippen LogP contribution in [0.1, 0.15) is 31.2 Å². The molecule has 1 nitrogen and oxygen atoms in total. The molecular weight excluding hydrogens is 191 g/mol. The van der Waals surface area contributed by atoms with Crippen molar-refractivity contribution in [2.45, 2.75) is 32.6 Å². The van der Waals surface area contributed by atoms with Crippen molar-refractivity contribution in [1.29, 1.82) is 0 Å². The van der Waals surface area contributed by atoms with Gasteiger partial charge < -0.3 is 4.74 Å². The summed E-state index contributed by atoms with van der Waals surface area (Å²) in [5, 5.41) is 0. The van der Waals surface area contributed by atoms with Crippen LogP contribution in [-0.2, 0) is 0 Å². The largest absolute Gasteiger partial charge is 0.490 e. The number of aryl methyl sites for hydroxylation is 1. The predicted octanol–water partition coefficient (Wildman–Crippen LogP) is 3.70. The lowest BCUT2D eigenvalue weighted by atomic mass is 10.1. The Morgan fingerprint density at radius 2 is 2.07 bits per heavy atom. The fraction of sp³-hybridized carbons (Fsp3) is 0.538. The summed E-state index contributed by atoms with van der Waals surface area (Å²) in [6, 6.07) is 5.12. The van der Waals surface area contributed by atoms with Crippen molar-refractivity contribution in [1.82, 2.24) is 0 Å². The molecule has 0 heterocycles. The second-order valence-electron chi connectivity index (χ2n) is 4.40. The normalized spacial score (nSPS) is 16.9. The number of halogens is 1. The molecule has 1 aliphatic rings. The van der Waals surface area contributed by atoms with Crippen LogP contribution in [0.2, 0.25) is 0 Å². The Kier molecular flexibility index (Phi) is 3.24. The average Bonchev–Trinajstić information content (AvgIpc) is 2.69. The Bertz CT molecular complexity index is 329. The van der Waals surface area contributed by atoms with Crippen LogP contribution in [0.25, 0.3) is 0 Å². The minimum absolute atomic E-state index is 0.243. The SMILES string of the molecule is Cc1ccc(OCC2CCCC2)c(F)c1. The molecule has 2 heteroatoms. The quantitative estimate of drug-likeness (QED) is 0.736. The van der Waals surface area contributed by atoms with Crippen molar-refractivity contribution in [3.05, 3.63) is 29.6 Å². The molecule has 0 saturated heterocycles. The maximum absolute atomic E-state index is 13.4. The first-order valence-corrected chi connectivity index (χ1v) is 5.64. The third kappa shape index (κ3) is 2.71. The van der Waals surface area contributed by atoms with Crippen molar-refractivity contribution in [3.8, 4) is 5.75 Å². The molecule has 0 amide bonds. The van der Waals surface area contributed by atoms with Crippen LogP contribution in [0, 0.1) is 18.7 Å². The van der Waals surface area contributed by atoms with Gasteiger partial charge in [0.2, 0.25) is 0 Å². The lowest BCUT2D eigenvalue weighted by Crippen LogP contribution is -2.08. The van der Waals surface area contributed by atoms with Gasteiger partial charge in [0.25, 0.3) is 0 Å². The van der Waals surface area contributed by atoms with Crippen LogP contribution in [0.3, 0.4) is 0 Å². The molecule has 0 N–H and O–H groups in total. The van der Waals surface area contributed by atoms with Crippen LogP contribution in [-0.4, -0.2) is 6.61 Å². The van der Waals surface area contributed by atoms with Crippen molar-refractivity contribution >= 4 is 0 Å². The summed E-state index contributed by atoms with van der Waals surface area (Å²) in [6.07, 6.45) is 5.05. The van der Waals surface area contributed by atoms with E-state index < -0.39 is 0 Å². The fourth-order valence-corrected chi connectivity index (χ4v) is 2.11. The molecular formula is C13H17FO. The number of hydrogen-bond donors (Lipinski definition) is 0. The van der Waals surface area contributed by atoms with E-state index in [9.17, 15) is 4.39 Å². The lowest BCUT2D eigenvalue weighted by molar-refractivity contribution is 0.242. The van der Waals surface area contributed by atoms with Crippen molar-refractivity contribution < 1.29 is 9.13 Å². The van der Waals surface area contributed by atoms with Crippen molar-refractivity contribution in [2.24, 2.45) is 5.92 Å². The Balaban J connectivity index is 1.92. The maximum atomic E-state index is 13.4. The lowest BCUT2D eigenvalue weighted by Gasteiger charge is -2.12. The molecule has 1 aromatic rings. The highest BCUT2D eigenvalue weighted by Crippen LogP contribution is 2.26. The zero-order valence-electron chi connectivity index (χ0n) is 9.13. The van der Waals surface area contributed by atoms with E-state index in [1.807, 2.05) is 13.0 Å². The molecule has 1 fully saturated rings. The zero-order valence-corrected chi connectivity index (χ0v) is 9.13. The highest BCUT2D eigenvalue weighted by molar-refractivity contribution is 5.28. The third-order valence-corrected chi connectivity index (χ3v) is 3.04. The molecule has 0 atom stereocenters. The first kappa shape index (κ1) is 10.5. The summed E-state index contributed by atoms with van der Waals surface area (Å²) in [4.78, 5) is 0. The predicted molar refractivity (Wildman–Crippen MR) is 58.6 cm³/mol. The second-order valence-corrected chi connectivity index (χ2v) is 4.40. The minimum Gasteiger partial charge on any atom is -0.490 e. The van der Waals surface area contributed by atoms with Crippen LogP contribution < -0.4 is 4.74 Å². The van der Waals surface area contributed by atoms with Crippen molar-refractivity contribution in [2.75, 3.05) is 6.61 Å². The summed E-state index contributed by atoms with van der Waals surface area (Å²) in [7, 11) is 0. The summed E-state index contributed by atoms with van der Waals surface area (Å²) < 4.78 is 18.9. The molecule has 0 aromatic heterocycles. The van der Waals surface area contributed by atoms with Crippen LogP contribution in [0.5, 0.6) is 5.75 Å². The van der Waals surface area contributed by atoms with Gasteiger partial charge in [0.05, 0.1) is 6.61 Å². The number of hydrogen-bond acceptors (Lipinski definition) is 1. The monoisotopic (exact) mass is 208 g/mol. The van der Waals surface area contributed by atoms with Gasteiger partial charge in [-0.3, -0.25) is 0 Å². The van der Waals surface area contributed by atoms with E-state index in [2.05, 4.69) is 0 Å².